The molecule has 2 aromatic carbocycles. The zero-order chi connectivity index (χ0) is 17.4. The topological polar surface area (TPSA) is 55.4 Å². The first-order valence-corrected chi connectivity index (χ1v) is 8.86. The molecule has 2 rings (SSSR count). The Hall–Kier alpha value is -1.69. The Bertz CT molecular complexity index is 707. The normalized spacial score (nSPS) is 10.2. The van der Waals surface area contributed by atoms with Crippen LogP contribution in [0.5, 0.6) is 0 Å². The molecule has 0 saturated heterocycles. The van der Waals surface area contributed by atoms with E-state index in [0.29, 0.717) is 21.5 Å². The maximum Gasteiger partial charge on any atom is 0.307 e. The van der Waals surface area contributed by atoms with Crippen LogP contribution in [-0.4, -0.2) is 24.2 Å². The molecule has 0 aliphatic heterocycles. The number of anilines is 1. The van der Waals surface area contributed by atoms with Gasteiger partial charge < -0.3 is 10.1 Å². The lowest BCUT2D eigenvalue weighted by atomic mass is 10.3. The molecule has 0 aromatic heterocycles. The summed E-state index contributed by atoms with van der Waals surface area (Å²) in [7, 11) is 0. The molecule has 0 unspecified atom stereocenters. The van der Waals surface area contributed by atoms with Crippen LogP contribution in [0.2, 0.25) is 10.0 Å². The van der Waals surface area contributed by atoms with E-state index in [1.54, 1.807) is 36.4 Å². The molecule has 0 heterocycles. The van der Waals surface area contributed by atoms with E-state index in [1.165, 1.54) is 11.8 Å². The van der Waals surface area contributed by atoms with E-state index >= 15 is 0 Å². The molecule has 1 amide bonds. The van der Waals surface area contributed by atoms with Gasteiger partial charge in [0.2, 0.25) is 0 Å². The largest absolute Gasteiger partial charge is 0.456 e. The van der Waals surface area contributed by atoms with Gasteiger partial charge in [-0.15, -0.1) is 11.8 Å². The fraction of sp³-hybridized carbons (Fsp3) is 0.176. The number of ether oxygens (including phenoxy) is 1. The molecule has 0 fully saturated rings. The zero-order valence-electron chi connectivity index (χ0n) is 12.6. The molecular formula is C17H15Cl2NO3S. The summed E-state index contributed by atoms with van der Waals surface area (Å²) in [5.74, 6) is -0.259. The average Bonchev–Trinajstić information content (AvgIpc) is 2.55. The minimum absolute atomic E-state index is 0.220. The highest BCUT2D eigenvalue weighted by Gasteiger charge is 2.08. The minimum Gasteiger partial charge on any atom is -0.456 e. The Kier molecular flexibility index (Phi) is 7.43. The molecule has 2 aromatic rings. The highest BCUT2D eigenvalue weighted by Crippen LogP contribution is 2.21. The van der Waals surface area contributed by atoms with Crippen LogP contribution in [0.3, 0.4) is 0 Å². The Morgan fingerprint density at radius 2 is 1.79 bits per heavy atom. The summed E-state index contributed by atoms with van der Waals surface area (Å²) < 4.78 is 4.94. The Morgan fingerprint density at radius 1 is 1.04 bits per heavy atom. The third kappa shape index (κ3) is 6.83. The number of nitrogens with one attached hydrogen (secondary N) is 1. The summed E-state index contributed by atoms with van der Waals surface area (Å²) in [5.41, 5.74) is 0.557. The zero-order valence-corrected chi connectivity index (χ0v) is 15.0. The average molecular weight is 384 g/mol. The van der Waals surface area contributed by atoms with Crippen molar-refractivity contribution in [2.45, 2.75) is 11.3 Å². The predicted octanol–water partition coefficient (Wildman–Crippen LogP) is 4.66. The Morgan fingerprint density at radius 3 is 2.50 bits per heavy atom. The van der Waals surface area contributed by atoms with Crippen molar-refractivity contribution in [3.05, 3.63) is 58.6 Å². The first kappa shape index (κ1) is 18.6. The lowest BCUT2D eigenvalue weighted by Gasteiger charge is -2.07. The van der Waals surface area contributed by atoms with Crippen LogP contribution >= 0.6 is 35.0 Å². The molecule has 1 N–H and O–H groups in total. The van der Waals surface area contributed by atoms with Gasteiger partial charge in [0, 0.05) is 26.4 Å². The lowest BCUT2D eigenvalue weighted by Crippen LogP contribution is -2.21. The summed E-state index contributed by atoms with van der Waals surface area (Å²) in [6, 6.07) is 14.1. The van der Waals surface area contributed by atoms with Crippen molar-refractivity contribution >= 4 is 52.5 Å². The second-order valence-electron chi connectivity index (χ2n) is 4.77. The third-order valence-corrected chi connectivity index (χ3v) is 4.36. The van der Waals surface area contributed by atoms with Crippen molar-refractivity contribution in [2.24, 2.45) is 0 Å². The van der Waals surface area contributed by atoms with Gasteiger partial charge in [0.15, 0.2) is 6.61 Å². The first-order valence-electron chi connectivity index (χ1n) is 7.12. The van der Waals surface area contributed by atoms with Gasteiger partial charge in [-0.05, 0) is 42.5 Å². The molecule has 24 heavy (non-hydrogen) atoms. The van der Waals surface area contributed by atoms with Gasteiger partial charge in [0.25, 0.3) is 5.91 Å². The maximum absolute atomic E-state index is 11.7. The van der Waals surface area contributed by atoms with Gasteiger partial charge in [-0.2, -0.15) is 0 Å². The number of hydrogen-bond acceptors (Lipinski definition) is 4. The predicted molar refractivity (Wildman–Crippen MR) is 97.8 cm³/mol. The van der Waals surface area contributed by atoms with Crippen LogP contribution in [0.25, 0.3) is 0 Å². The van der Waals surface area contributed by atoms with Crippen LogP contribution in [0.15, 0.2) is 53.4 Å². The van der Waals surface area contributed by atoms with E-state index in [4.69, 9.17) is 27.9 Å². The third-order valence-electron chi connectivity index (χ3n) is 2.86. The van der Waals surface area contributed by atoms with E-state index in [1.807, 2.05) is 12.1 Å². The van der Waals surface area contributed by atoms with Crippen molar-refractivity contribution in [1.29, 1.82) is 0 Å². The fourth-order valence-corrected chi connectivity index (χ4v) is 2.91. The van der Waals surface area contributed by atoms with Gasteiger partial charge in [-0.1, -0.05) is 29.3 Å². The molecular weight excluding hydrogens is 369 g/mol. The molecule has 7 heteroatoms. The quantitative estimate of drug-likeness (QED) is 0.557. The summed E-state index contributed by atoms with van der Waals surface area (Å²) in [5, 5.41) is 3.80. The van der Waals surface area contributed by atoms with E-state index in [0.717, 1.165) is 4.90 Å². The summed E-state index contributed by atoms with van der Waals surface area (Å²) in [6.07, 6.45) is 0.220. The van der Waals surface area contributed by atoms with Crippen molar-refractivity contribution in [1.82, 2.24) is 0 Å². The van der Waals surface area contributed by atoms with Crippen LogP contribution in [0.4, 0.5) is 5.69 Å². The molecule has 0 spiro atoms. The molecule has 0 bridgehead atoms. The number of carbonyl (C=O) groups excluding carboxylic acids is 2. The van der Waals surface area contributed by atoms with Gasteiger partial charge in [-0.25, -0.2) is 0 Å². The standard InChI is InChI=1S/C17H15Cl2NO3S/c18-12-4-6-15(7-5-12)24-9-8-17(22)23-11-16(21)20-14-3-1-2-13(19)10-14/h1-7,10H,8-9,11H2,(H,20,21). The highest BCUT2D eigenvalue weighted by atomic mass is 35.5. The van der Waals surface area contributed by atoms with E-state index in [2.05, 4.69) is 5.32 Å². The van der Waals surface area contributed by atoms with E-state index < -0.39 is 11.9 Å². The number of halogens is 2. The van der Waals surface area contributed by atoms with Crippen molar-refractivity contribution < 1.29 is 14.3 Å². The monoisotopic (exact) mass is 383 g/mol. The molecule has 0 radical (unpaired) electrons. The first-order chi connectivity index (χ1) is 11.5. The fourth-order valence-electron chi connectivity index (χ4n) is 1.76. The molecule has 0 atom stereocenters. The summed E-state index contributed by atoms with van der Waals surface area (Å²) >= 11 is 13.2. The molecule has 0 aliphatic rings. The maximum atomic E-state index is 11.7. The molecule has 126 valence electrons. The van der Waals surface area contributed by atoms with Crippen LogP contribution < -0.4 is 5.32 Å². The second kappa shape index (κ2) is 9.57. The number of carbonyl (C=O) groups is 2. The number of thioether (sulfide) groups is 1. The molecule has 0 saturated carbocycles. The van der Waals surface area contributed by atoms with E-state index in [9.17, 15) is 9.59 Å². The number of benzene rings is 2. The number of esters is 1. The van der Waals surface area contributed by atoms with E-state index in [-0.39, 0.29) is 13.0 Å². The Balaban J connectivity index is 1.65. The summed E-state index contributed by atoms with van der Waals surface area (Å²) in [4.78, 5) is 24.4. The highest BCUT2D eigenvalue weighted by molar-refractivity contribution is 7.99. The molecule has 0 aliphatic carbocycles. The van der Waals surface area contributed by atoms with Crippen molar-refractivity contribution in [2.75, 3.05) is 17.7 Å². The minimum atomic E-state index is -0.419. The van der Waals surface area contributed by atoms with Crippen molar-refractivity contribution in [3.63, 3.8) is 0 Å². The SMILES string of the molecule is O=C(COC(=O)CCSc1ccc(Cl)cc1)Nc1cccc(Cl)c1. The van der Waals surface area contributed by atoms with Gasteiger partial charge >= 0.3 is 5.97 Å². The Labute approximate surface area is 154 Å². The van der Waals surface area contributed by atoms with Gasteiger partial charge in [-0.3, -0.25) is 9.59 Å². The van der Waals surface area contributed by atoms with Gasteiger partial charge in [0.05, 0.1) is 6.42 Å². The van der Waals surface area contributed by atoms with Crippen molar-refractivity contribution in [3.8, 4) is 0 Å². The van der Waals surface area contributed by atoms with Gasteiger partial charge in [0.1, 0.15) is 0 Å². The second-order valence-corrected chi connectivity index (χ2v) is 6.81. The number of amides is 1. The van der Waals surface area contributed by atoms with Crippen LogP contribution in [-0.2, 0) is 14.3 Å². The van der Waals surface area contributed by atoms with Crippen LogP contribution in [0.1, 0.15) is 6.42 Å². The van der Waals surface area contributed by atoms with Crippen LogP contribution in [0, 0.1) is 0 Å². The summed E-state index contributed by atoms with van der Waals surface area (Å²) in [6.45, 7) is -0.322. The smallest absolute Gasteiger partial charge is 0.307 e. The lowest BCUT2D eigenvalue weighted by molar-refractivity contribution is -0.146. The molecule has 4 nitrogen and oxygen atoms in total. The number of hydrogen-bond donors (Lipinski definition) is 1. The number of rotatable bonds is 7.